The zero-order chi connectivity index (χ0) is 14.8. The van der Waals surface area contributed by atoms with Gasteiger partial charge in [0.1, 0.15) is 5.52 Å². The highest BCUT2D eigenvalue weighted by molar-refractivity contribution is 6.30. The Balaban J connectivity index is 1.73. The fourth-order valence-electron chi connectivity index (χ4n) is 2.16. The van der Waals surface area contributed by atoms with Crippen molar-refractivity contribution in [1.29, 1.82) is 0 Å². The number of aromatic nitrogens is 1. The van der Waals surface area contributed by atoms with Crippen molar-refractivity contribution in [2.75, 3.05) is 5.32 Å². The Hall–Kier alpha value is -2.33. The van der Waals surface area contributed by atoms with Crippen LogP contribution in [0.3, 0.4) is 0 Å². The van der Waals surface area contributed by atoms with Gasteiger partial charge < -0.3 is 9.73 Å². The molecule has 0 saturated carbocycles. The summed E-state index contributed by atoms with van der Waals surface area (Å²) < 4.78 is 5.40. The molecule has 0 radical (unpaired) electrons. The predicted octanol–water partition coefficient (Wildman–Crippen LogP) is 3.97. The summed E-state index contributed by atoms with van der Waals surface area (Å²) in [6.45, 7) is 1.79. The first-order chi connectivity index (χ1) is 10.1. The van der Waals surface area contributed by atoms with Crippen LogP contribution < -0.4 is 5.32 Å². The van der Waals surface area contributed by atoms with Gasteiger partial charge in [-0.05, 0) is 35.9 Å². The summed E-state index contributed by atoms with van der Waals surface area (Å²) in [7, 11) is 0. The Morgan fingerprint density at radius 3 is 2.95 bits per heavy atom. The average molecular weight is 301 g/mol. The standard InChI is InChI=1S/C16H13ClN2O2/c1-10-18-14-9-13(5-6-15(14)21-10)19-16(20)8-11-3-2-4-12(17)7-11/h2-7,9H,8H2,1H3,(H,19,20). The highest BCUT2D eigenvalue weighted by atomic mass is 35.5. The number of rotatable bonds is 3. The Morgan fingerprint density at radius 1 is 1.29 bits per heavy atom. The number of anilines is 1. The third kappa shape index (κ3) is 3.23. The van der Waals surface area contributed by atoms with Gasteiger partial charge in [-0.3, -0.25) is 4.79 Å². The molecule has 0 aliphatic heterocycles. The largest absolute Gasteiger partial charge is 0.441 e. The number of carbonyl (C=O) groups is 1. The molecule has 1 heterocycles. The lowest BCUT2D eigenvalue weighted by Crippen LogP contribution is -2.14. The van der Waals surface area contributed by atoms with Gasteiger partial charge in [0.2, 0.25) is 5.91 Å². The molecular formula is C16H13ClN2O2. The van der Waals surface area contributed by atoms with E-state index in [1.165, 1.54) is 0 Å². The monoisotopic (exact) mass is 300 g/mol. The van der Waals surface area contributed by atoms with E-state index in [4.69, 9.17) is 16.0 Å². The second-order valence-electron chi connectivity index (χ2n) is 4.77. The van der Waals surface area contributed by atoms with Crippen LogP contribution in [0.5, 0.6) is 0 Å². The van der Waals surface area contributed by atoms with Gasteiger partial charge >= 0.3 is 0 Å². The summed E-state index contributed by atoms with van der Waals surface area (Å²) in [4.78, 5) is 16.3. The number of hydrogen-bond acceptors (Lipinski definition) is 3. The number of carbonyl (C=O) groups excluding carboxylic acids is 1. The molecule has 21 heavy (non-hydrogen) atoms. The SMILES string of the molecule is Cc1nc2cc(NC(=O)Cc3cccc(Cl)c3)ccc2o1. The van der Waals surface area contributed by atoms with Crippen molar-refractivity contribution in [1.82, 2.24) is 4.98 Å². The number of halogens is 1. The average Bonchev–Trinajstić information content (AvgIpc) is 2.78. The number of benzene rings is 2. The van der Waals surface area contributed by atoms with Crippen molar-refractivity contribution in [3.05, 3.63) is 58.9 Å². The van der Waals surface area contributed by atoms with Gasteiger partial charge in [0.25, 0.3) is 0 Å². The van der Waals surface area contributed by atoms with Gasteiger partial charge in [-0.1, -0.05) is 23.7 Å². The van der Waals surface area contributed by atoms with Crippen molar-refractivity contribution >= 4 is 34.3 Å². The van der Waals surface area contributed by atoms with Crippen molar-refractivity contribution in [2.24, 2.45) is 0 Å². The molecule has 1 aromatic heterocycles. The third-order valence-electron chi connectivity index (χ3n) is 3.03. The number of hydrogen-bond donors (Lipinski definition) is 1. The number of aryl methyl sites for hydroxylation is 1. The fourth-order valence-corrected chi connectivity index (χ4v) is 2.37. The zero-order valence-corrected chi connectivity index (χ0v) is 12.1. The van der Waals surface area contributed by atoms with Gasteiger partial charge in [0.05, 0.1) is 6.42 Å². The molecule has 4 nitrogen and oxygen atoms in total. The van der Waals surface area contributed by atoms with Gasteiger partial charge in [0.15, 0.2) is 11.5 Å². The molecule has 3 rings (SSSR count). The number of oxazole rings is 1. The molecule has 2 aromatic carbocycles. The Labute approximate surface area is 126 Å². The molecule has 1 amide bonds. The van der Waals surface area contributed by atoms with Crippen molar-refractivity contribution in [2.45, 2.75) is 13.3 Å². The minimum absolute atomic E-state index is 0.100. The number of nitrogens with zero attached hydrogens (tertiary/aromatic N) is 1. The van der Waals surface area contributed by atoms with Crippen LogP contribution in [0.2, 0.25) is 5.02 Å². The summed E-state index contributed by atoms with van der Waals surface area (Å²) in [5.74, 6) is 0.504. The molecule has 1 N–H and O–H groups in total. The van der Waals surface area contributed by atoms with E-state index in [-0.39, 0.29) is 12.3 Å². The molecule has 0 bridgehead atoms. The van der Waals surface area contributed by atoms with Crippen LogP contribution in [-0.2, 0) is 11.2 Å². The first-order valence-corrected chi connectivity index (χ1v) is 6.89. The van der Waals surface area contributed by atoms with Crippen LogP contribution in [0, 0.1) is 6.92 Å². The molecule has 0 aliphatic rings. The number of amides is 1. The first-order valence-electron chi connectivity index (χ1n) is 6.52. The molecule has 3 aromatic rings. The lowest BCUT2D eigenvalue weighted by Gasteiger charge is -2.05. The molecule has 0 atom stereocenters. The molecule has 0 saturated heterocycles. The first kappa shape index (κ1) is 13.6. The molecule has 5 heteroatoms. The van der Waals surface area contributed by atoms with Crippen LogP contribution in [-0.4, -0.2) is 10.9 Å². The Kier molecular flexibility index (Phi) is 3.62. The van der Waals surface area contributed by atoms with Gasteiger partial charge in [-0.25, -0.2) is 4.98 Å². The second-order valence-corrected chi connectivity index (χ2v) is 5.21. The summed E-state index contributed by atoms with van der Waals surface area (Å²) >= 11 is 5.91. The second kappa shape index (κ2) is 5.58. The normalized spacial score (nSPS) is 10.8. The van der Waals surface area contributed by atoms with E-state index in [9.17, 15) is 4.79 Å². The molecular weight excluding hydrogens is 288 g/mol. The van der Waals surface area contributed by atoms with Gasteiger partial charge in [0, 0.05) is 17.6 Å². The van der Waals surface area contributed by atoms with Crippen molar-refractivity contribution < 1.29 is 9.21 Å². The number of fused-ring (bicyclic) bond motifs is 1. The molecule has 106 valence electrons. The zero-order valence-electron chi connectivity index (χ0n) is 11.4. The van der Waals surface area contributed by atoms with Crippen LogP contribution in [0.25, 0.3) is 11.1 Å². The molecule has 0 aliphatic carbocycles. The van der Waals surface area contributed by atoms with E-state index < -0.39 is 0 Å². The van der Waals surface area contributed by atoms with Crippen LogP contribution in [0.4, 0.5) is 5.69 Å². The third-order valence-corrected chi connectivity index (χ3v) is 3.27. The highest BCUT2D eigenvalue weighted by Gasteiger charge is 2.07. The maximum atomic E-state index is 12.0. The van der Waals surface area contributed by atoms with E-state index in [0.29, 0.717) is 22.2 Å². The summed E-state index contributed by atoms with van der Waals surface area (Å²) in [5.41, 5.74) is 3.01. The maximum Gasteiger partial charge on any atom is 0.228 e. The predicted molar refractivity (Wildman–Crippen MR) is 82.5 cm³/mol. The quantitative estimate of drug-likeness (QED) is 0.796. The molecule has 0 unspecified atom stereocenters. The van der Waals surface area contributed by atoms with Gasteiger partial charge in [-0.15, -0.1) is 0 Å². The lowest BCUT2D eigenvalue weighted by molar-refractivity contribution is -0.115. The highest BCUT2D eigenvalue weighted by Crippen LogP contribution is 2.20. The number of nitrogens with one attached hydrogen (secondary N) is 1. The van der Waals surface area contributed by atoms with Crippen molar-refractivity contribution in [3.63, 3.8) is 0 Å². The summed E-state index contributed by atoms with van der Waals surface area (Å²) in [5, 5.41) is 3.47. The van der Waals surface area contributed by atoms with E-state index >= 15 is 0 Å². The van der Waals surface area contributed by atoms with E-state index in [0.717, 1.165) is 11.1 Å². The van der Waals surface area contributed by atoms with E-state index in [1.54, 1.807) is 37.3 Å². The minimum Gasteiger partial charge on any atom is -0.441 e. The van der Waals surface area contributed by atoms with Crippen LogP contribution in [0.1, 0.15) is 11.5 Å². The van der Waals surface area contributed by atoms with E-state index in [2.05, 4.69) is 10.3 Å². The smallest absolute Gasteiger partial charge is 0.228 e. The summed E-state index contributed by atoms with van der Waals surface area (Å²) in [6.07, 6.45) is 0.274. The summed E-state index contributed by atoms with van der Waals surface area (Å²) in [6, 6.07) is 12.6. The molecule has 0 spiro atoms. The van der Waals surface area contributed by atoms with Crippen molar-refractivity contribution in [3.8, 4) is 0 Å². The van der Waals surface area contributed by atoms with Crippen LogP contribution in [0.15, 0.2) is 46.9 Å². The maximum absolute atomic E-state index is 12.0. The van der Waals surface area contributed by atoms with Gasteiger partial charge in [-0.2, -0.15) is 0 Å². The Bertz CT molecular complexity index is 811. The lowest BCUT2D eigenvalue weighted by atomic mass is 10.1. The fraction of sp³-hybridized carbons (Fsp3) is 0.125. The molecule has 0 fully saturated rings. The minimum atomic E-state index is -0.100. The van der Waals surface area contributed by atoms with Crippen LogP contribution >= 0.6 is 11.6 Å². The topological polar surface area (TPSA) is 55.1 Å². The Morgan fingerprint density at radius 2 is 2.14 bits per heavy atom. The van der Waals surface area contributed by atoms with E-state index in [1.807, 2.05) is 12.1 Å².